The zero-order valence-corrected chi connectivity index (χ0v) is 12.9. The summed E-state index contributed by atoms with van der Waals surface area (Å²) in [6.45, 7) is -0.170. The van der Waals surface area contributed by atoms with Crippen molar-refractivity contribution in [1.82, 2.24) is 15.0 Å². The second-order valence-corrected chi connectivity index (χ2v) is 6.70. The van der Waals surface area contributed by atoms with Crippen molar-refractivity contribution in [1.29, 1.82) is 0 Å². The van der Waals surface area contributed by atoms with Crippen LogP contribution in [0, 0.1) is 17.8 Å². The van der Waals surface area contributed by atoms with E-state index in [9.17, 15) is 9.59 Å². The van der Waals surface area contributed by atoms with Gasteiger partial charge in [0.2, 0.25) is 0 Å². The van der Waals surface area contributed by atoms with Gasteiger partial charge in [-0.25, -0.2) is 0 Å². The third kappa shape index (κ3) is 2.73. The molecule has 6 nitrogen and oxygen atoms in total. The van der Waals surface area contributed by atoms with E-state index < -0.39 is 0 Å². The first kappa shape index (κ1) is 14.4. The molecule has 0 saturated heterocycles. The second kappa shape index (κ2) is 5.76. The lowest BCUT2D eigenvalue weighted by molar-refractivity contribution is -0.149. The number of benzene rings is 1. The van der Waals surface area contributed by atoms with Crippen molar-refractivity contribution in [3.05, 3.63) is 34.6 Å². The monoisotopic (exact) mass is 313 g/mol. The number of hydrogen-bond donors (Lipinski definition) is 0. The van der Waals surface area contributed by atoms with Crippen LogP contribution < -0.4 is 5.56 Å². The van der Waals surface area contributed by atoms with Crippen LogP contribution in [0.5, 0.6) is 0 Å². The van der Waals surface area contributed by atoms with Crippen LogP contribution in [-0.2, 0) is 16.3 Å². The van der Waals surface area contributed by atoms with E-state index in [1.807, 2.05) is 0 Å². The van der Waals surface area contributed by atoms with Gasteiger partial charge in [-0.2, -0.15) is 4.68 Å². The zero-order valence-electron chi connectivity index (χ0n) is 12.9. The summed E-state index contributed by atoms with van der Waals surface area (Å²) in [5.41, 5.74) is 0.255. The molecule has 0 amide bonds. The van der Waals surface area contributed by atoms with E-state index in [0.717, 1.165) is 17.0 Å². The third-order valence-electron chi connectivity index (χ3n) is 5.29. The highest BCUT2D eigenvalue weighted by Gasteiger charge is 2.40. The molecule has 2 bridgehead atoms. The Morgan fingerprint density at radius 2 is 2.13 bits per heavy atom. The summed E-state index contributed by atoms with van der Waals surface area (Å²) >= 11 is 0. The van der Waals surface area contributed by atoms with Gasteiger partial charge in [0.25, 0.3) is 5.56 Å². The third-order valence-corrected chi connectivity index (χ3v) is 5.29. The number of hydrogen-bond acceptors (Lipinski definition) is 5. The minimum atomic E-state index is -0.289. The summed E-state index contributed by atoms with van der Waals surface area (Å²) in [5.74, 6) is 1.72. The Morgan fingerprint density at radius 1 is 1.26 bits per heavy atom. The smallest absolute Gasteiger partial charge is 0.307 e. The number of rotatable bonds is 4. The molecule has 1 aromatic heterocycles. The number of carbonyl (C=O) groups is 1. The number of fused-ring (bicyclic) bond motifs is 3. The highest BCUT2D eigenvalue weighted by molar-refractivity contribution is 5.76. The minimum absolute atomic E-state index is 0.170. The summed E-state index contributed by atoms with van der Waals surface area (Å²) < 4.78 is 6.35. The van der Waals surface area contributed by atoms with Gasteiger partial charge in [0.1, 0.15) is 5.52 Å². The van der Waals surface area contributed by atoms with E-state index in [1.165, 1.54) is 19.3 Å². The number of aromatic nitrogens is 3. The van der Waals surface area contributed by atoms with Crippen molar-refractivity contribution >= 4 is 16.9 Å². The zero-order chi connectivity index (χ0) is 15.8. The normalized spacial score (nSPS) is 25.8. The molecule has 120 valence electrons. The lowest BCUT2D eigenvalue weighted by atomic mass is 9.86. The molecule has 0 aliphatic heterocycles. The van der Waals surface area contributed by atoms with Gasteiger partial charge in [0.05, 0.1) is 5.39 Å². The lowest BCUT2D eigenvalue weighted by Crippen LogP contribution is -2.27. The van der Waals surface area contributed by atoms with Gasteiger partial charge < -0.3 is 4.74 Å². The van der Waals surface area contributed by atoms with Gasteiger partial charge >= 0.3 is 5.97 Å². The number of nitrogens with zero attached hydrogens (tertiary/aromatic N) is 3. The first-order valence-electron chi connectivity index (χ1n) is 8.19. The highest BCUT2D eigenvalue weighted by Crippen LogP contribution is 2.49. The first-order chi connectivity index (χ1) is 11.2. The maximum atomic E-state index is 12.3. The highest BCUT2D eigenvalue weighted by atomic mass is 16.5. The molecule has 0 unspecified atom stereocenters. The van der Waals surface area contributed by atoms with E-state index in [4.69, 9.17) is 4.74 Å². The maximum Gasteiger partial charge on any atom is 0.307 e. The van der Waals surface area contributed by atoms with Crippen molar-refractivity contribution in [2.45, 2.75) is 38.8 Å². The van der Waals surface area contributed by atoms with E-state index in [-0.39, 0.29) is 18.3 Å². The molecule has 2 aliphatic rings. The molecule has 0 spiro atoms. The summed E-state index contributed by atoms with van der Waals surface area (Å²) in [7, 11) is 0. The molecular weight excluding hydrogens is 294 g/mol. The minimum Gasteiger partial charge on any atom is -0.442 e. The van der Waals surface area contributed by atoms with Crippen molar-refractivity contribution in [3.63, 3.8) is 0 Å². The summed E-state index contributed by atoms with van der Waals surface area (Å²) in [6.07, 6.45) is 5.44. The molecule has 3 atom stereocenters. The van der Waals surface area contributed by atoms with E-state index in [0.29, 0.717) is 29.2 Å². The number of esters is 1. The summed E-state index contributed by atoms with van der Waals surface area (Å²) in [5, 5.41) is 8.28. The average Bonchev–Trinajstić information content (AvgIpc) is 3.17. The van der Waals surface area contributed by atoms with Gasteiger partial charge in [0, 0.05) is 6.42 Å². The molecular formula is C17H19N3O3. The van der Waals surface area contributed by atoms with Crippen LogP contribution in [0.1, 0.15) is 32.1 Å². The van der Waals surface area contributed by atoms with Crippen LogP contribution in [0.15, 0.2) is 29.1 Å². The molecule has 2 aromatic rings. The van der Waals surface area contributed by atoms with Crippen LogP contribution in [0.25, 0.3) is 10.9 Å². The predicted molar refractivity (Wildman–Crippen MR) is 83.4 cm³/mol. The fraction of sp³-hybridized carbons (Fsp3) is 0.529. The van der Waals surface area contributed by atoms with Crippen LogP contribution >= 0.6 is 0 Å². The van der Waals surface area contributed by atoms with Gasteiger partial charge in [-0.1, -0.05) is 23.8 Å². The van der Waals surface area contributed by atoms with Crippen LogP contribution in [0.4, 0.5) is 0 Å². The topological polar surface area (TPSA) is 74.1 Å². The average molecular weight is 313 g/mol. The molecule has 1 heterocycles. The number of ether oxygens (including phenoxy) is 1. The summed E-state index contributed by atoms with van der Waals surface area (Å²) in [6, 6.07) is 7.00. The van der Waals surface area contributed by atoms with E-state index >= 15 is 0 Å². The first-order valence-corrected chi connectivity index (χ1v) is 8.19. The van der Waals surface area contributed by atoms with Crippen LogP contribution in [-0.4, -0.2) is 21.0 Å². The summed E-state index contributed by atoms with van der Waals surface area (Å²) in [4.78, 5) is 24.3. The molecule has 2 fully saturated rings. The van der Waals surface area contributed by atoms with Gasteiger partial charge in [0.15, 0.2) is 6.73 Å². The fourth-order valence-electron chi connectivity index (χ4n) is 4.14. The van der Waals surface area contributed by atoms with Gasteiger partial charge in [-0.15, -0.1) is 5.10 Å². The Kier molecular flexibility index (Phi) is 3.59. The largest absolute Gasteiger partial charge is 0.442 e. The number of carbonyl (C=O) groups excluding carboxylic acids is 1. The fourth-order valence-corrected chi connectivity index (χ4v) is 4.14. The van der Waals surface area contributed by atoms with E-state index in [1.54, 1.807) is 24.3 Å². The van der Waals surface area contributed by atoms with Crippen LogP contribution in [0.3, 0.4) is 0 Å². The molecule has 0 radical (unpaired) electrons. The van der Waals surface area contributed by atoms with Crippen LogP contribution in [0.2, 0.25) is 0 Å². The molecule has 2 aliphatic carbocycles. The molecule has 4 rings (SSSR count). The Morgan fingerprint density at radius 3 is 2.91 bits per heavy atom. The molecule has 6 heteroatoms. The van der Waals surface area contributed by atoms with Crippen molar-refractivity contribution in [2.75, 3.05) is 0 Å². The van der Waals surface area contributed by atoms with Crippen molar-refractivity contribution in [2.24, 2.45) is 17.8 Å². The second-order valence-electron chi connectivity index (χ2n) is 6.70. The van der Waals surface area contributed by atoms with Crippen molar-refractivity contribution in [3.8, 4) is 0 Å². The Hall–Kier alpha value is -2.24. The molecule has 1 aromatic carbocycles. The SMILES string of the molecule is O=C(C[C@@H]1C[C@H]2CC[C@@H]1C2)OCn1nnc2ccccc2c1=O. The lowest BCUT2D eigenvalue weighted by Gasteiger charge is -2.20. The van der Waals surface area contributed by atoms with Crippen molar-refractivity contribution < 1.29 is 9.53 Å². The molecule has 2 saturated carbocycles. The maximum absolute atomic E-state index is 12.3. The van der Waals surface area contributed by atoms with Gasteiger partial charge in [-0.05, 0) is 49.1 Å². The molecule has 23 heavy (non-hydrogen) atoms. The Balaban J connectivity index is 1.40. The Bertz CT molecular complexity index is 801. The Labute approximate surface area is 133 Å². The van der Waals surface area contributed by atoms with E-state index in [2.05, 4.69) is 10.3 Å². The van der Waals surface area contributed by atoms with Gasteiger partial charge in [-0.3, -0.25) is 9.59 Å². The quantitative estimate of drug-likeness (QED) is 0.808. The molecule has 0 N–H and O–H groups in total. The standard InChI is InChI=1S/C17H19N3O3/c21-16(9-13-8-11-5-6-12(13)7-11)23-10-20-17(22)14-3-1-2-4-15(14)18-19-20/h1-4,11-13H,5-10H2/t11-,12+,13-/m0/s1. The predicted octanol–water partition coefficient (Wildman–Crippen LogP) is 2.12.